The summed E-state index contributed by atoms with van der Waals surface area (Å²) in [6.45, 7) is 2.60. The number of hydrogen-bond donors (Lipinski definition) is 1. The largest absolute Gasteiger partial charge is 0.464 e. The van der Waals surface area contributed by atoms with Crippen LogP contribution < -0.4 is 9.46 Å². The molecule has 2 aromatic rings. The maximum absolute atomic E-state index is 12.3. The zero-order valence-electron chi connectivity index (χ0n) is 13.8. The third-order valence-corrected chi connectivity index (χ3v) is 5.99. The van der Waals surface area contributed by atoms with Crippen LogP contribution in [0, 0.1) is 6.92 Å². The summed E-state index contributed by atoms with van der Waals surface area (Å²) < 4.78 is 38.8. The summed E-state index contributed by atoms with van der Waals surface area (Å²) in [5.41, 5.74) is 3.16. The molecule has 6 heteroatoms. The van der Waals surface area contributed by atoms with Gasteiger partial charge in [0.1, 0.15) is 5.75 Å². The Balaban J connectivity index is 1.48. The zero-order valence-corrected chi connectivity index (χ0v) is 14.6. The van der Waals surface area contributed by atoms with Crippen LogP contribution in [0.25, 0.3) is 0 Å². The number of nitrogens with one attached hydrogen (secondary N) is 1. The lowest BCUT2D eigenvalue weighted by Crippen LogP contribution is -2.24. The highest BCUT2D eigenvalue weighted by Gasteiger charge is 2.42. The molecule has 0 aromatic heterocycles. The van der Waals surface area contributed by atoms with Gasteiger partial charge in [-0.15, -0.1) is 0 Å². The Kier molecular flexibility index (Phi) is 4.11. The van der Waals surface area contributed by atoms with Crippen molar-refractivity contribution >= 4 is 10.0 Å². The van der Waals surface area contributed by atoms with Gasteiger partial charge in [-0.1, -0.05) is 42.0 Å². The second-order valence-electron chi connectivity index (χ2n) is 6.26. The Morgan fingerprint density at radius 3 is 2.72 bits per heavy atom. The van der Waals surface area contributed by atoms with Gasteiger partial charge in [-0.3, -0.25) is 0 Å². The van der Waals surface area contributed by atoms with Crippen molar-refractivity contribution in [1.29, 1.82) is 0 Å². The van der Waals surface area contributed by atoms with Gasteiger partial charge in [-0.25, -0.2) is 13.1 Å². The van der Waals surface area contributed by atoms with Crippen LogP contribution in [-0.4, -0.2) is 27.9 Å². The molecule has 2 aliphatic rings. The molecule has 1 fully saturated rings. The molecule has 2 atom stereocenters. The van der Waals surface area contributed by atoms with Crippen molar-refractivity contribution in [2.45, 2.75) is 24.0 Å². The summed E-state index contributed by atoms with van der Waals surface area (Å²) >= 11 is 0. The highest BCUT2D eigenvalue weighted by atomic mass is 32.2. The van der Waals surface area contributed by atoms with Crippen LogP contribution in [0.2, 0.25) is 0 Å². The van der Waals surface area contributed by atoms with E-state index in [1.54, 1.807) is 24.3 Å². The first kappa shape index (κ1) is 16.3. The third-order valence-electron chi connectivity index (χ3n) is 4.55. The number of aryl methyl sites for hydroxylation is 1. The second kappa shape index (κ2) is 6.29. The Hall–Kier alpha value is -2.15. The van der Waals surface area contributed by atoms with Crippen LogP contribution in [0.5, 0.6) is 5.75 Å². The van der Waals surface area contributed by atoms with Crippen molar-refractivity contribution in [3.05, 3.63) is 71.3 Å². The van der Waals surface area contributed by atoms with Crippen LogP contribution in [0.1, 0.15) is 17.0 Å². The molecular weight excluding hydrogens is 338 g/mol. The van der Waals surface area contributed by atoms with Crippen LogP contribution in [0.15, 0.2) is 65.1 Å². The zero-order chi connectivity index (χ0) is 17.4. The SMILES string of the molecule is Cc1ccc(S(=O)(=O)NC/C=C2\CO[C@H]3Oc4ccccc4[C@@H]23)cc1. The number of ether oxygens (including phenoxy) is 2. The maximum atomic E-state index is 12.3. The van der Waals surface area contributed by atoms with Gasteiger partial charge in [0.05, 0.1) is 17.4 Å². The third kappa shape index (κ3) is 3.08. The van der Waals surface area contributed by atoms with Crippen LogP contribution >= 0.6 is 0 Å². The lowest BCUT2D eigenvalue weighted by atomic mass is 9.94. The minimum absolute atomic E-state index is 0.0417. The van der Waals surface area contributed by atoms with E-state index in [0.717, 1.165) is 22.4 Å². The molecule has 5 nitrogen and oxygen atoms in total. The highest BCUT2D eigenvalue weighted by molar-refractivity contribution is 7.89. The number of benzene rings is 2. The molecule has 0 aliphatic carbocycles. The van der Waals surface area contributed by atoms with E-state index in [9.17, 15) is 8.42 Å². The monoisotopic (exact) mass is 357 g/mol. The van der Waals surface area contributed by atoms with Gasteiger partial charge in [0.2, 0.25) is 16.3 Å². The van der Waals surface area contributed by atoms with Crippen molar-refractivity contribution in [1.82, 2.24) is 4.72 Å². The predicted molar refractivity (Wildman–Crippen MR) is 94.0 cm³/mol. The topological polar surface area (TPSA) is 64.6 Å². The Morgan fingerprint density at radius 1 is 1.16 bits per heavy atom. The standard InChI is InChI=1S/C19H19NO4S/c1-13-6-8-15(9-7-13)25(21,22)20-11-10-14-12-23-19-18(14)16-4-2-3-5-17(16)24-19/h2-10,18-20H,11-12H2,1H3/b14-10+/t18-,19+/m1/s1. The summed E-state index contributed by atoms with van der Waals surface area (Å²) in [5.74, 6) is 0.878. The summed E-state index contributed by atoms with van der Waals surface area (Å²) in [7, 11) is -3.52. The molecule has 1 saturated heterocycles. The van der Waals surface area contributed by atoms with Gasteiger partial charge in [-0.2, -0.15) is 0 Å². The van der Waals surface area contributed by atoms with E-state index in [1.807, 2.05) is 37.3 Å². The first-order chi connectivity index (χ1) is 12.0. The van der Waals surface area contributed by atoms with E-state index in [1.165, 1.54) is 0 Å². The lowest BCUT2D eigenvalue weighted by Gasteiger charge is -2.09. The van der Waals surface area contributed by atoms with E-state index >= 15 is 0 Å². The van der Waals surface area contributed by atoms with Crippen LogP contribution in [0.4, 0.5) is 0 Å². The summed E-state index contributed by atoms with van der Waals surface area (Å²) in [6.07, 6.45) is 1.58. The minimum Gasteiger partial charge on any atom is -0.464 e. The van der Waals surface area contributed by atoms with Gasteiger partial charge >= 0.3 is 0 Å². The van der Waals surface area contributed by atoms with Gasteiger partial charge in [0.15, 0.2) is 0 Å². The molecule has 2 aromatic carbocycles. The molecule has 25 heavy (non-hydrogen) atoms. The van der Waals surface area contributed by atoms with Gasteiger partial charge in [-0.05, 0) is 30.7 Å². The normalized spacial score (nSPS) is 23.3. The Morgan fingerprint density at radius 2 is 1.92 bits per heavy atom. The van der Waals surface area contributed by atoms with E-state index in [2.05, 4.69) is 4.72 Å². The van der Waals surface area contributed by atoms with Gasteiger partial charge < -0.3 is 9.47 Å². The average Bonchev–Trinajstić information content (AvgIpc) is 3.15. The molecule has 0 amide bonds. The molecule has 0 spiro atoms. The molecule has 0 bridgehead atoms. The Labute approximate surface area is 147 Å². The van der Waals surface area contributed by atoms with E-state index < -0.39 is 10.0 Å². The molecule has 2 heterocycles. The second-order valence-corrected chi connectivity index (χ2v) is 8.02. The first-order valence-corrected chi connectivity index (χ1v) is 9.65. The fourth-order valence-electron chi connectivity index (χ4n) is 3.23. The molecule has 130 valence electrons. The molecule has 1 N–H and O–H groups in total. The fraction of sp³-hybridized carbons (Fsp3) is 0.263. The number of rotatable bonds is 4. The van der Waals surface area contributed by atoms with Crippen LogP contribution in [-0.2, 0) is 14.8 Å². The number of fused-ring (bicyclic) bond motifs is 3. The number of sulfonamides is 1. The Bertz CT molecular complexity index is 919. The smallest absolute Gasteiger partial charge is 0.240 e. The van der Waals surface area contributed by atoms with Crippen molar-refractivity contribution in [3.63, 3.8) is 0 Å². The predicted octanol–water partition coefficient (Wildman–Crippen LogP) is 2.73. The highest BCUT2D eigenvalue weighted by Crippen LogP contribution is 2.46. The molecular formula is C19H19NO4S. The molecule has 0 saturated carbocycles. The van der Waals surface area contributed by atoms with E-state index in [-0.39, 0.29) is 23.6 Å². The number of para-hydroxylation sites is 1. The molecule has 2 aliphatic heterocycles. The lowest BCUT2D eigenvalue weighted by molar-refractivity contribution is -0.0335. The molecule has 0 radical (unpaired) electrons. The van der Waals surface area contributed by atoms with E-state index in [0.29, 0.717) is 6.61 Å². The summed E-state index contributed by atoms with van der Waals surface area (Å²) in [4.78, 5) is 0.270. The molecule has 4 rings (SSSR count). The minimum atomic E-state index is -3.52. The van der Waals surface area contributed by atoms with E-state index in [4.69, 9.17) is 9.47 Å². The van der Waals surface area contributed by atoms with Crippen LogP contribution in [0.3, 0.4) is 0 Å². The van der Waals surface area contributed by atoms with Crippen molar-refractivity contribution < 1.29 is 17.9 Å². The van der Waals surface area contributed by atoms with Crippen molar-refractivity contribution in [2.75, 3.05) is 13.2 Å². The quantitative estimate of drug-likeness (QED) is 0.855. The molecule has 0 unspecified atom stereocenters. The summed E-state index contributed by atoms with van der Waals surface area (Å²) in [6, 6.07) is 14.7. The maximum Gasteiger partial charge on any atom is 0.240 e. The number of hydrogen-bond acceptors (Lipinski definition) is 4. The summed E-state index contributed by atoms with van der Waals surface area (Å²) in [5, 5.41) is 0. The fourth-order valence-corrected chi connectivity index (χ4v) is 4.19. The van der Waals surface area contributed by atoms with Gasteiger partial charge in [0, 0.05) is 12.1 Å². The van der Waals surface area contributed by atoms with Gasteiger partial charge in [0.25, 0.3) is 0 Å². The average molecular weight is 357 g/mol. The van der Waals surface area contributed by atoms with Crippen molar-refractivity contribution in [2.24, 2.45) is 0 Å². The first-order valence-electron chi connectivity index (χ1n) is 8.17. The van der Waals surface area contributed by atoms with Crippen molar-refractivity contribution in [3.8, 4) is 5.75 Å².